The van der Waals surface area contributed by atoms with E-state index in [0.29, 0.717) is 23.2 Å². The van der Waals surface area contributed by atoms with Crippen LogP contribution in [0.2, 0.25) is 0 Å². The molecule has 0 unspecified atom stereocenters. The van der Waals surface area contributed by atoms with Crippen molar-refractivity contribution in [1.29, 1.82) is 0 Å². The molecular weight excluding hydrogens is 278 g/mol. The number of hydrogen-bond donors (Lipinski definition) is 2. The lowest BCUT2D eigenvalue weighted by molar-refractivity contribution is 0.229. The van der Waals surface area contributed by atoms with E-state index < -0.39 is 0 Å². The highest BCUT2D eigenvalue weighted by atomic mass is 32.1. The van der Waals surface area contributed by atoms with Crippen LogP contribution in [0.4, 0.5) is 9.93 Å². The Morgan fingerprint density at radius 3 is 2.70 bits per heavy atom. The van der Waals surface area contributed by atoms with Gasteiger partial charge in [-0.3, -0.25) is 5.32 Å². The molecule has 0 aliphatic carbocycles. The van der Waals surface area contributed by atoms with Crippen LogP contribution in [0.1, 0.15) is 6.92 Å². The number of aromatic nitrogens is 1. The first-order chi connectivity index (χ1) is 9.79. The van der Waals surface area contributed by atoms with Crippen molar-refractivity contribution < 1.29 is 14.3 Å². The predicted molar refractivity (Wildman–Crippen MR) is 77.4 cm³/mol. The van der Waals surface area contributed by atoms with Gasteiger partial charge < -0.3 is 14.8 Å². The van der Waals surface area contributed by atoms with Gasteiger partial charge in [0.1, 0.15) is 0 Å². The lowest BCUT2D eigenvalue weighted by Gasteiger charge is -2.12. The van der Waals surface area contributed by atoms with Crippen LogP contribution in [0, 0.1) is 0 Å². The number of hydrogen-bond acceptors (Lipinski definition) is 5. The normalized spacial score (nSPS) is 9.85. The van der Waals surface area contributed by atoms with E-state index in [1.54, 1.807) is 17.6 Å². The number of rotatable bonds is 6. The SMILES string of the molecule is CCOc1ccccc1OCNC(=O)Nc1nccs1. The monoisotopic (exact) mass is 293 g/mol. The van der Waals surface area contributed by atoms with Gasteiger partial charge in [-0.15, -0.1) is 11.3 Å². The quantitative estimate of drug-likeness (QED) is 0.803. The summed E-state index contributed by atoms with van der Waals surface area (Å²) in [5.74, 6) is 1.24. The summed E-state index contributed by atoms with van der Waals surface area (Å²) in [5.41, 5.74) is 0. The Bertz CT molecular complexity index is 546. The van der Waals surface area contributed by atoms with Crippen molar-refractivity contribution in [1.82, 2.24) is 10.3 Å². The molecule has 20 heavy (non-hydrogen) atoms. The molecule has 0 spiro atoms. The number of benzene rings is 1. The Balaban J connectivity index is 1.79. The van der Waals surface area contributed by atoms with E-state index in [1.807, 2.05) is 25.1 Å². The number of nitrogens with zero attached hydrogens (tertiary/aromatic N) is 1. The second kappa shape index (κ2) is 7.34. The molecule has 2 aromatic rings. The number of anilines is 1. The van der Waals surface area contributed by atoms with Gasteiger partial charge >= 0.3 is 6.03 Å². The highest BCUT2D eigenvalue weighted by molar-refractivity contribution is 7.13. The fourth-order valence-corrected chi connectivity index (χ4v) is 1.97. The standard InChI is InChI=1S/C13H15N3O3S/c1-2-18-10-5-3-4-6-11(10)19-9-15-12(17)16-13-14-7-8-20-13/h3-8H,2,9H2,1H3,(H2,14,15,16,17). The van der Waals surface area contributed by atoms with Crippen molar-refractivity contribution in [2.45, 2.75) is 6.92 Å². The summed E-state index contributed by atoms with van der Waals surface area (Å²) < 4.78 is 10.9. The van der Waals surface area contributed by atoms with Crippen molar-refractivity contribution in [2.24, 2.45) is 0 Å². The Hall–Kier alpha value is -2.28. The number of carbonyl (C=O) groups excluding carboxylic acids is 1. The van der Waals surface area contributed by atoms with E-state index in [1.165, 1.54) is 11.3 Å². The van der Waals surface area contributed by atoms with E-state index in [0.717, 1.165) is 0 Å². The minimum Gasteiger partial charge on any atom is -0.490 e. The molecule has 0 fully saturated rings. The van der Waals surface area contributed by atoms with E-state index in [9.17, 15) is 4.79 Å². The molecule has 1 aromatic heterocycles. The molecule has 1 aromatic carbocycles. The maximum atomic E-state index is 11.5. The summed E-state index contributed by atoms with van der Waals surface area (Å²) >= 11 is 1.35. The molecule has 106 valence electrons. The molecule has 0 atom stereocenters. The Kier molecular flexibility index (Phi) is 5.19. The van der Waals surface area contributed by atoms with Gasteiger partial charge in [-0.1, -0.05) is 12.1 Å². The minimum absolute atomic E-state index is 0.0430. The number of urea groups is 1. The van der Waals surface area contributed by atoms with Crippen molar-refractivity contribution >= 4 is 22.5 Å². The largest absolute Gasteiger partial charge is 0.490 e. The third-order valence-corrected chi connectivity index (χ3v) is 2.95. The Morgan fingerprint density at radius 2 is 2.05 bits per heavy atom. The zero-order valence-electron chi connectivity index (χ0n) is 11.0. The summed E-state index contributed by atoms with van der Waals surface area (Å²) in [5, 5.41) is 7.49. The lowest BCUT2D eigenvalue weighted by atomic mass is 10.3. The number of thiazole rings is 1. The van der Waals surface area contributed by atoms with Gasteiger partial charge in [0.15, 0.2) is 23.4 Å². The molecule has 6 nitrogen and oxygen atoms in total. The number of ether oxygens (including phenoxy) is 2. The van der Waals surface area contributed by atoms with Crippen molar-refractivity contribution in [2.75, 3.05) is 18.7 Å². The number of para-hydroxylation sites is 2. The molecule has 0 saturated heterocycles. The van der Waals surface area contributed by atoms with E-state index in [2.05, 4.69) is 15.6 Å². The van der Waals surface area contributed by atoms with Crippen molar-refractivity contribution in [3.63, 3.8) is 0 Å². The van der Waals surface area contributed by atoms with Crippen LogP contribution in [0.15, 0.2) is 35.8 Å². The molecule has 2 N–H and O–H groups in total. The molecular formula is C13H15N3O3S. The molecule has 0 radical (unpaired) electrons. The third-order valence-electron chi connectivity index (χ3n) is 2.26. The third kappa shape index (κ3) is 4.13. The molecule has 0 bridgehead atoms. The van der Waals surface area contributed by atoms with E-state index >= 15 is 0 Å². The zero-order valence-corrected chi connectivity index (χ0v) is 11.8. The van der Waals surface area contributed by atoms with Gasteiger partial charge in [0.05, 0.1) is 6.61 Å². The molecule has 1 heterocycles. The van der Waals surface area contributed by atoms with Gasteiger partial charge in [0, 0.05) is 11.6 Å². The van der Waals surface area contributed by atoms with E-state index in [-0.39, 0.29) is 12.8 Å². The maximum Gasteiger partial charge on any atom is 0.323 e. The molecule has 0 aliphatic heterocycles. The van der Waals surface area contributed by atoms with E-state index in [4.69, 9.17) is 9.47 Å². The fraction of sp³-hybridized carbons (Fsp3) is 0.231. The number of nitrogens with one attached hydrogen (secondary N) is 2. The summed E-state index contributed by atoms with van der Waals surface area (Å²) in [7, 11) is 0. The first-order valence-electron chi connectivity index (χ1n) is 6.08. The molecule has 2 rings (SSSR count). The van der Waals surface area contributed by atoms with Crippen LogP contribution >= 0.6 is 11.3 Å². The van der Waals surface area contributed by atoms with Crippen molar-refractivity contribution in [3.05, 3.63) is 35.8 Å². The molecule has 7 heteroatoms. The smallest absolute Gasteiger partial charge is 0.323 e. The molecule has 0 saturated carbocycles. The molecule has 2 amide bonds. The summed E-state index contributed by atoms with van der Waals surface area (Å²) in [6.45, 7) is 2.50. The number of carbonyl (C=O) groups is 1. The van der Waals surface area contributed by atoms with Gasteiger partial charge in [0.2, 0.25) is 0 Å². The van der Waals surface area contributed by atoms with Crippen LogP contribution in [0.3, 0.4) is 0 Å². The maximum absolute atomic E-state index is 11.5. The Labute approximate surface area is 120 Å². The second-order valence-electron chi connectivity index (χ2n) is 3.64. The second-order valence-corrected chi connectivity index (χ2v) is 4.53. The van der Waals surface area contributed by atoms with Crippen LogP contribution in [-0.4, -0.2) is 24.4 Å². The van der Waals surface area contributed by atoms with Gasteiger partial charge in [0.25, 0.3) is 0 Å². The highest BCUT2D eigenvalue weighted by Gasteiger charge is 2.05. The van der Waals surface area contributed by atoms with Crippen LogP contribution < -0.4 is 20.1 Å². The fourth-order valence-electron chi connectivity index (χ4n) is 1.45. The topological polar surface area (TPSA) is 72.5 Å². The minimum atomic E-state index is -0.367. The van der Waals surface area contributed by atoms with Crippen LogP contribution in [0.5, 0.6) is 11.5 Å². The molecule has 0 aliphatic rings. The van der Waals surface area contributed by atoms with Crippen molar-refractivity contribution in [3.8, 4) is 11.5 Å². The highest BCUT2D eigenvalue weighted by Crippen LogP contribution is 2.25. The Morgan fingerprint density at radius 1 is 1.30 bits per heavy atom. The summed E-state index contributed by atoms with van der Waals surface area (Å²) in [6, 6.07) is 6.93. The summed E-state index contributed by atoms with van der Waals surface area (Å²) in [6.07, 6.45) is 1.62. The average Bonchev–Trinajstić information content (AvgIpc) is 2.94. The number of amides is 2. The average molecular weight is 293 g/mol. The van der Waals surface area contributed by atoms with Crippen LogP contribution in [0.25, 0.3) is 0 Å². The van der Waals surface area contributed by atoms with Gasteiger partial charge in [-0.25, -0.2) is 9.78 Å². The van der Waals surface area contributed by atoms with Crippen LogP contribution in [-0.2, 0) is 0 Å². The first kappa shape index (κ1) is 14.1. The lowest BCUT2D eigenvalue weighted by Crippen LogP contribution is -2.32. The van der Waals surface area contributed by atoms with Gasteiger partial charge in [-0.05, 0) is 19.1 Å². The summed E-state index contributed by atoms with van der Waals surface area (Å²) in [4.78, 5) is 15.5. The predicted octanol–water partition coefficient (Wildman–Crippen LogP) is 2.70. The van der Waals surface area contributed by atoms with Gasteiger partial charge in [-0.2, -0.15) is 0 Å². The zero-order chi connectivity index (χ0) is 14.2. The first-order valence-corrected chi connectivity index (χ1v) is 6.96.